The van der Waals surface area contributed by atoms with Crippen LogP contribution in [0.3, 0.4) is 0 Å². The highest BCUT2D eigenvalue weighted by Gasteiger charge is 2.22. The molecule has 0 saturated carbocycles. The number of aromatic nitrogens is 1. The van der Waals surface area contributed by atoms with Gasteiger partial charge in [0.2, 0.25) is 0 Å². The van der Waals surface area contributed by atoms with Gasteiger partial charge in [0.1, 0.15) is 10.8 Å². The molecule has 2 aromatic rings. The SMILES string of the molecule is CCCNC(c1nccs1)c1c(F)cccc1Cl. The van der Waals surface area contributed by atoms with Crippen molar-refractivity contribution in [2.24, 2.45) is 0 Å². The van der Waals surface area contributed by atoms with Crippen LogP contribution in [0.25, 0.3) is 0 Å². The molecule has 1 unspecified atom stereocenters. The smallest absolute Gasteiger partial charge is 0.129 e. The lowest BCUT2D eigenvalue weighted by atomic mass is 10.1. The van der Waals surface area contributed by atoms with Crippen LogP contribution < -0.4 is 5.32 Å². The largest absolute Gasteiger partial charge is 0.304 e. The van der Waals surface area contributed by atoms with Crippen LogP contribution in [0.4, 0.5) is 4.39 Å². The van der Waals surface area contributed by atoms with Crippen LogP contribution in [0.5, 0.6) is 0 Å². The van der Waals surface area contributed by atoms with E-state index >= 15 is 0 Å². The van der Waals surface area contributed by atoms with Crippen molar-refractivity contribution in [3.05, 3.63) is 51.2 Å². The van der Waals surface area contributed by atoms with Gasteiger partial charge in [-0.2, -0.15) is 0 Å². The van der Waals surface area contributed by atoms with E-state index in [0.717, 1.165) is 18.0 Å². The molecule has 5 heteroatoms. The Balaban J connectivity index is 2.40. The number of nitrogens with zero attached hydrogens (tertiary/aromatic N) is 1. The zero-order chi connectivity index (χ0) is 13.0. The minimum Gasteiger partial charge on any atom is -0.304 e. The molecule has 18 heavy (non-hydrogen) atoms. The van der Waals surface area contributed by atoms with Gasteiger partial charge < -0.3 is 5.32 Å². The quantitative estimate of drug-likeness (QED) is 0.897. The molecule has 0 bridgehead atoms. The Morgan fingerprint density at radius 2 is 2.33 bits per heavy atom. The van der Waals surface area contributed by atoms with Gasteiger partial charge in [0.05, 0.1) is 6.04 Å². The third-order valence-electron chi connectivity index (χ3n) is 2.59. The number of halogens is 2. The van der Waals surface area contributed by atoms with Crippen molar-refractivity contribution < 1.29 is 4.39 Å². The highest BCUT2D eigenvalue weighted by atomic mass is 35.5. The average molecular weight is 285 g/mol. The molecule has 2 nitrogen and oxygen atoms in total. The number of thiazole rings is 1. The second-order valence-corrected chi connectivity index (χ2v) is 5.23. The molecule has 0 aliphatic carbocycles. The van der Waals surface area contributed by atoms with Crippen LogP contribution >= 0.6 is 22.9 Å². The zero-order valence-corrected chi connectivity index (χ0v) is 11.6. The topological polar surface area (TPSA) is 24.9 Å². The molecule has 1 N–H and O–H groups in total. The maximum atomic E-state index is 14.0. The fourth-order valence-corrected chi connectivity index (χ4v) is 2.76. The predicted molar refractivity (Wildman–Crippen MR) is 73.7 cm³/mol. The first-order valence-electron chi connectivity index (χ1n) is 5.80. The van der Waals surface area contributed by atoms with Gasteiger partial charge in [0.15, 0.2) is 0 Å². The molecule has 1 heterocycles. The van der Waals surface area contributed by atoms with Gasteiger partial charge in [-0.25, -0.2) is 9.37 Å². The molecule has 1 atom stereocenters. The molecule has 0 aliphatic rings. The molecule has 0 spiro atoms. The van der Waals surface area contributed by atoms with E-state index < -0.39 is 0 Å². The molecule has 0 amide bonds. The Hall–Kier alpha value is -0.970. The Kier molecular flexibility index (Phi) is 4.69. The summed E-state index contributed by atoms with van der Waals surface area (Å²) in [5, 5.41) is 6.43. The molecular weight excluding hydrogens is 271 g/mol. The van der Waals surface area contributed by atoms with Gasteiger partial charge >= 0.3 is 0 Å². The molecule has 0 fully saturated rings. The number of hydrogen-bond acceptors (Lipinski definition) is 3. The van der Waals surface area contributed by atoms with Crippen molar-refractivity contribution in [2.45, 2.75) is 19.4 Å². The van der Waals surface area contributed by atoms with E-state index in [-0.39, 0.29) is 11.9 Å². The highest BCUT2D eigenvalue weighted by molar-refractivity contribution is 7.09. The second-order valence-electron chi connectivity index (χ2n) is 3.89. The first-order chi connectivity index (χ1) is 8.74. The summed E-state index contributed by atoms with van der Waals surface area (Å²) in [6, 6.07) is 4.46. The summed E-state index contributed by atoms with van der Waals surface area (Å²) < 4.78 is 14.0. The maximum absolute atomic E-state index is 14.0. The monoisotopic (exact) mass is 284 g/mol. The highest BCUT2D eigenvalue weighted by Crippen LogP contribution is 2.31. The third kappa shape index (κ3) is 2.88. The second kappa shape index (κ2) is 6.27. The van der Waals surface area contributed by atoms with Gasteiger partial charge in [-0.1, -0.05) is 24.6 Å². The standard InChI is InChI=1S/C13H14ClFN2S/c1-2-6-16-12(13-17-7-8-18-13)11-9(14)4-3-5-10(11)15/h3-5,7-8,12,16H,2,6H2,1H3. The van der Waals surface area contributed by atoms with Crippen LogP contribution in [-0.2, 0) is 0 Å². The zero-order valence-electron chi connectivity index (χ0n) is 9.99. The molecular formula is C13H14ClFN2S. The predicted octanol–water partition coefficient (Wildman–Crippen LogP) is 4.02. The normalized spacial score (nSPS) is 12.6. The lowest BCUT2D eigenvalue weighted by Crippen LogP contribution is -2.24. The van der Waals surface area contributed by atoms with E-state index in [0.29, 0.717) is 10.6 Å². The molecule has 1 aromatic heterocycles. The summed E-state index contributed by atoms with van der Waals surface area (Å²) in [4.78, 5) is 4.26. The van der Waals surface area contributed by atoms with Crippen molar-refractivity contribution in [1.29, 1.82) is 0 Å². The van der Waals surface area contributed by atoms with Crippen molar-refractivity contribution in [2.75, 3.05) is 6.54 Å². The van der Waals surface area contributed by atoms with Crippen LogP contribution in [0.1, 0.15) is 30.0 Å². The molecule has 1 aromatic carbocycles. The number of nitrogens with one attached hydrogen (secondary N) is 1. The maximum Gasteiger partial charge on any atom is 0.129 e. The molecule has 0 radical (unpaired) electrons. The van der Waals surface area contributed by atoms with Crippen LogP contribution in [0, 0.1) is 5.82 Å². The summed E-state index contributed by atoms with van der Waals surface area (Å²) in [7, 11) is 0. The number of hydrogen-bond donors (Lipinski definition) is 1. The molecule has 2 rings (SSSR count). The third-order valence-corrected chi connectivity index (χ3v) is 3.76. The van der Waals surface area contributed by atoms with Crippen molar-refractivity contribution in [1.82, 2.24) is 10.3 Å². The minimum absolute atomic E-state index is 0.279. The first kappa shape index (κ1) is 13.5. The fraction of sp³-hybridized carbons (Fsp3) is 0.308. The van der Waals surface area contributed by atoms with Crippen molar-refractivity contribution in [3.8, 4) is 0 Å². The van der Waals surface area contributed by atoms with Gasteiger partial charge in [0, 0.05) is 22.2 Å². The summed E-state index contributed by atoms with van der Waals surface area (Å²) >= 11 is 7.61. The number of rotatable bonds is 5. The fourth-order valence-electron chi connectivity index (χ4n) is 1.77. The van der Waals surface area contributed by atoms with Crippen LogP contribution in [-0.4, -0.2) is 11.5 Å². The lowest BCUT2D eigenvalue weighted by Gasteiger charge is -2.18. The Morgan fingerprint density at radius 3 is 2.94 bits per heavy atom. The number of benzene rings is 1. The van der Waals surface area contributed by atoms with Gasteiger partial charge in [-0.15, -0.1) is 11.3 Å². The van der Waals surface area contributed by atoms with Crippen LogP contribution in [0.2, 0.25) is 5.02 Å². The summed E-state index contributed by atoms with van der Waals surface area (Å²) in [5.74, 6) is -0.300. The van der Waals surface area contributed by atoms with Gasteiger partial charge in [-0.05, 0) is 25.1 Å². The van der Waals surface area contributed by atoms with E-state index in [1.54, 1.807) is 18.3 Å². The Labute approximate surface area is 115 Å². The van der Waals surface area contributed by atoms with E-state index in [2.05, 4.69) is 17.2 Å². The van der Waals surface area contributed by atoms with Crippen molar-refractivity contribution >= 4 is 22.9 Å². The average Bonchev–Trinajstić information content (AvgIpc) is 2.86. The lowest BCUT2D eigenvalue weighted by molar-refractivity contribution is 0.545. The van der Waals surface area contributed by atoms with Gasteiger partial charge in [-0.3, -0.25) is 0 Å². The summed E-state index contributed by atoms with van der Waals surface area (Å²) in [6.45, 7) is 2.85. The van der Waals surface area contributed by atoms with E-state index in [4.69, 9.17) is 11.6 Å². The first-order valence-corrected chi connectivity index (χ1v) is 7.06. The molecule has 0 aliphatic heterocycles. The Bertz CT molecular complexity index is 481. The van der Waals surface area contributed by atoms with Crippen molar-refractivity contribution in [3.63, 3.8) is 0 Å². The molecule has 96 valence electrons. The van der Waals surface area contributed by atoms with E-state index in [1.165, 1.54) is 17.4 Å². The minimum atomic E-state index is -0.300. The van der Waals surface area contributed by atoms with E-state index in [1.807, 2.05) is 5.38 Å². The van der Waals surface area contributed by atoms with Gasteiger partial charge in [0.25, 0.3) is 0 Å². The summed E-state index contributed by atoms with van der Waals surface area (Å²) in [5.41, 5.74) is 0.475. The van der Waals surface area contributed by atoms with E-state index in [9.17, 15) is 4.39 Å². The Morgan fingerprint density at radius 1 is 1.50 bits per heavy atom. The molecule has 0 saturated heterocycles. The summed E-state index contributed by atoms with van der Waals surface area (Å²) in [6.07, 6.45) is 2.68. The van der Waals surface area contributed by atoms with Crippen LogP contribution in [0.15, 0.2) is 29.8 Å².